The van der Waals surface area contributed by atoms with E-state index >= 15 is 0 Å². The lowest BCUT2D eigenvalue weighted by molar-refractivity contribution is -0.139. The molecule has 2 aliphatic rings. The fourth-order valence-electron chi connectivity index (χ4n) is 4.79. The molecule has 0 saturated heterocycles. The molecule has 34 heavy (non-hydrogen) atoms. The van der Waals surface area contributed by atoms with Crippen molar-refractivity contribution >= 4 is 5.97 Å². The molecule has 0 bridgehead atoms. The van der Waals surface area contributed by atoms with Gasteiger partial charge in [-0.1, -0.05) is 32.4 Å². The fourth-order valence-corrected chi connectivity index (χ4v) is 4.79. The van der Waals surface area contributed by atoms with E-state index in [0.29, 0.717) is 24.8 Å². The molecule has 194 valence electrons. The van der Waals surface area contributed by atoms with Gasteiger partial charge in [-0.15, -0.1) is 0 Å². The summed E-state index contributed by atoms with van der Waals surface area (Å²) in [4.78, 5) is 10.7. The third-order valence-electron chi connectivity index (χ3n) is 6.83. The van der Waals surface area contributed by atoms with Crippen LogP contribution in [0.4, 0.5) is 22.0 Å². The zero-order chi connectivity index (χ0) is 25.4. The van der Waals surface area contributed by atoms with Gasteiger partial charge in [0.1, 0.15) is 0 Å². The van der Waals surface area contributed by atoms with E-state index in [1.165, 1.54) is 12.1 Å². The van der Waals surface area contributed by atoms with E-state index in [2.05, 4.69) is 19.2 Å². The summed E-state index contributed by atoms with van der Waals surface area (Å²) in [6.07, 6.45) is 1.85. The lowest BCUT2D eigenvalue weighted by atomic mass is 9.77. The Morgan fingerprint density at radius 3 is 2.24 bits per heavy atom. The minimum atomic E-state index is -4.31. The van der Waals surface area contributed by atoms with E-state index in [9.17, 15) is 26.7 Å². The zero-order valence-corrected chi connectivity index (χ0v) is 20.1. The van der Waals surface area contributed by atoms with E-state index in [1.807, 2.05) is 0 Å². The van der Waals surface area contributed by atoms with Crippen molar-refractivity contribution in [2.75, 3.05) is 6.54 Å². The van der Waals surface area contributed by atoms with Crippen LogP contribution in [0.1, 0.15) is 95.1 Å². The Kier molecular flexibility index (Phi) is 10.8. The normalized spacial score (nSPS) is 23.3. The Balaban J connectivity index is 0.000000257. The van der Waals surface area contributed by atoms with Gasteiger partial charge < -0.3 is 10.4 Å². The topological polar surface area (TPSA) is 49.3 Å². The quantitative estimate of drug-likeness (QED) is 0.385. The van der Waals surface area contributed by atoms with E-state index in [-0.39, 0.29) is 31.1 Å². The highest BCUT2D eigenvalue weighted by molar-refractivity contribution is 5.67. The molecule has 1 aromatic carbocycles. The van der Waals surface area contributed by atoms with Crippen molar-refractivity contribution in [1.29, 1.82) is 0 Å². The standard InChI is InChI=1S/C15H17F3O2.C11H21F2N/c16-15(17,18)13-6-4-11(5-7-13)12-3-1-2-10(8-12)9-14(19)20;1-9(2)5-8-14-10-3-6-11(12,13)7-4-10/h4-7,10,12H,1-3,8-9H2,(H,19,20);9-10,14H,3-8H2,1-2H3. The van der Waals surface area contributed by atoms with Crippen molar-refractivity contribution in [2.24, 2.45) is 11.8 Å². The second-order valence-corrected chi connectivity index (χ2v) is 10.2. The van der Waals surface area contributed by atoms with Crippen molar-refractivity contribution < 1.29 is 31.9 Å². The highest BCUT2D eigenvalue weighted by atomic mass is 19.4. The van der Waals surface area contributed by atoms with Crippen LogP contribution in [0.25, 0.3) is 0 Å². The average Bonchev–Trinajstić information content (AvgIpc) is 2.74. The summed E-state index contributed by atoms with van der Waals surface area (Å²) in [6, 6.07) is 5.59. The SMILES string of the molecule is CC(C)CCNC1CCC(F)(F)CC1.O=C(O)CC1CCCC(c2ccc(C(F)(F)F)cc2)C1. The molecule has 0 aliphatic heterocycles. The number of nitrogens with one attached hydrogen (secondary N) is 1. The molecule has 2 aliphatic carbocycles. The molecule has 8 heteroatoms. The molecule has 0 heterocycles. The molecule has 0 spiro atoms. The monoisotopic (exact) mass is 491 g/mol. The van der Waals surface area contributed by atoms with E-state index in [0.717, 1.165) is 56.3 Å². The summed E-state index contributed by atoms with van der Waals surface area (Å²) >= 11 is 0. The Morgan fingerprint density at radius 1 is 1.09 bits per heavy atom. The minimum Gasteiger partial charge on any atom is -0.481 e. The Hall–Kier alpha value is -1.70. The Labute approximate surface area is 199 Å². The molecule has 1 aromatic rings. The first-order chi connectivity index (χ1) is 15.9. The number of aliphatic carboxylic acids is 1. The molecule has 2 saturated carbocycles. The van der Waals surface area contributed by atoms with Crippen LogP contribution in [0.3, 0.4) is 0 Å². The number of hydrogen-bond acceptors (Lipinski definition) is 2. The summed E-state index contributed by atoms with van der Waals surface area (Å²) in [5.74, 6) is -2.20. The van der Waals surface area contributed by atoms with Gasteiger partial charge in [-0.05, 0) is 80.5 Å². The predicted molar refractivity (Wildman–Crippen MR) is 123 cm³/mol. The summed E-state index contributed by atoms with van der Waals surface area (Å²) in [7, 11) is 0. The van der Waals surface area contributed by atoms with E-state index in [1.54, 1.807) is 0 Å². The van der Waals surface area contributed by atoms with Crippen LogP contribution in [0, 0.1) is 11.8 Å². The third kappa shape index (κ3) is 10.3. The van der Waals surface area contributed by atoms with Crippen LogP contribution in [0.15, 0.2) is 24.3 Å². The molecule has 2 atom stereocenters. The van der Waals surface area contributed by atoms with Gasteiger partial charge in [-0.25, -0.2) is 8.78 Å². The maximum absolute atomic E-state index is 12.8. The van der Waals surface area contributed by atoms with Gasteiger partial charge >= 0.3 is 12.1 Å². The van der Waals surface area contributed by atoms with Gasteiger partial charge in [-0.3, -0.25) is 4.79 Å². The zero-order valence-electron chi connectivity index (χ0n) is 20.1. The second-order valence-electron chi connectivity index (χ2n) is 10.2. The van der Waals surface area contributed by atoms with Crippen LogP contribution in [-0.2, 0) is 11.0 Å². The minimum absolute atomic E-state index is 0.0619. The van der Waals surface area contributed by atoms with Crippen LogP contribution in [-0.4, -0.2) is 29.6 Å². The van der Waals surface area contributed by atoms with Crippen molar-refractivity contribution in [3.8, 4) is 0 Å². The number of carboxylic acids is 1. The fraction of sp³-hybridized carbons (Fsp3) is 0.731. The average molecular weight is 492 g/mol. The molecule has 0 amide bonds. The van der Waals surface area contributed by atoms with Gasteiger partial charge in [-0.2, -0.15) is 13.2 Å². The summed E-state index contributed by atoms with van der Waals surface area (Å²) in [5, 5.41) is 12.2. The molecule has 2 N–H and O–H groups in total. The largest absolute Gasteiger partial charge is 0.481 e. The molecule has 3 rings (SSSR count). The third-order valence-corrected chi connectivity index (χ3v) is 6.83. The molecule has 0 aromatic heterocycles. The molecule has 2 fully saturated rings. The van der Waals surface area contributed by atoms with Crippen LogP contribution in [0.5, 0.6) is 0 Å². The van der Waals surface area contributed by atoms with Crippen molar-refractivity contribution in [1.82, 2.24) is 5.32 Å². The van der Waals surface area contributed by atoms with Crippen LogP contribution >= 0.6 is 0 Å². The first kappa shape index (κ1) is 28.5. The Morgan fingerprint density at radius 2 is 1.71 bits per heavy atom. The predicted octanol–water partition coefficient (Wildman–Crippen LogP) is 7.65. The number of hydrogen-bond donors (Lipinski definition) is 2. The van der Waals surface area contributed by atoms with Crippen LogP contribution < -0.4 is 5.32 Å². The maximum Gasteiger partial charge on any atom is 0.416 e. The first-order valence-corrected chi connectivity index (χ1v) is 12.4. The lowest BCUT2D eigenvalue weighted by Crippen LogP contribution is -2.37. The van der Waals surface area contributed by atoms with Crippen LogP contribution in [0.2, 0.25) is 0 Å². The van der Waals surface area contributed by atoms with Crippen molar-refractivity contribution in [2.45, 2.75) is 102 Å². The number of halogens is 5. The summed E-state index contributed by atoms with van der Waals surface area (Å²) in [6.45, 7) is 5.32. The molecule has 2 unspecified atom stereocenters. The van der Waals surface area contributed by atoms with E-state index in [4.69, 9.17) is 5.11 Å². The van der Waals surface area contributed by atoms with Gasteiger partial charge in [0.2, 0.25) is 5.92 Å². The number of carboxylic acid groups (broad SMARTS) is 1. The molecular formula is C26H38F5NO2. The second kappa shape index (κ2) is 12.8. The Bertz CT molecular complexity index is 739. The van der Waals surface area contributed by atoms with Gasteiger partial charge in [0, 0.05) is 25.3 Å². The van der Waals surface area contributed by atoms with Gasteiger partial charge in [0.15, 0.2) is 0 Å². The molecule has 3 nitrogen and oxygen atoms in total. The van der Waals surface area contributed by atoms with Crippen molar-refractivity contribution in [3.05, 3.63) is 35.4 Å². The van der Waals surface area contributed by atoms with E-state index < -0.39 is 23.6 Å². The molecule has 0 radical (unpaired) electrons. The first-order valence-electron chi connectivity index (χ1n) is 12.4. The summed E-state index contributed by atoms with van der Waals surface area (Å²) in [5.41, 5.74) is 0.243. The number of rotatable bonds is 7. The summed E-state index contributed by atoms with van der Waals surface area (Å²) < 4.78 is 63.1. The lowest BCUT2D eigenvalue weighted by Gasteiger charge is -2.29. The number of benzene rings is 1. The number of carbonyl (C=O) groups is 1. The molecular weight excluding hydrogens is 453 g/mol. The van der Waals surface area contributed by atoms with Gasteiger partial charge in [0.05, 0.1) is 5.56 Å². The maximum atomic E-state index is 12.8. The number of alkyl halides is 5. The highest BCUT2D eigenvalue weighted by Crippen LogP contribution is 2.39. The highest BCUT2D eigenvalue weighted by Gasteiger charge is 2.34. The van der Waals surface area contributed by atoms with Gasteiger partial charge in [0.25, 0.3) is 0 Å². The smallest absolute Gasteiger partial charge is 0.416 e. The van der Waals surface area contributed by atoms with Crippen molar-refractivity contribution in [3.63, 3.8) is 0 Å².